The summed E-state index contributed by atoms with van der Waals surface area (Å²) in [5.41, 5.74) is 3.74. The molecule has 0 radical (unpaired) electrons. The molecule has 6 heteroatoms. The fourth-order valence-corrected chi connectivity index (χ4v) is 1.82. The molecule has 2 rings (SSSR count). The van der Waals surface area contributed by atoms with Crippen molar-refractivity contribution in [3.05, 3.63) is 58.3 Å². The molecule has 102 valence electrons. The highest BCUT2D eigenvalue weighted by molar-refractivity contribution is 9.10. The van der Waals surface area contributed by atoms with Crippen LogP contribution in [0.25, 0.3) is 0 Å². The van der Waals surface area contributed by atoms with Gasteiger partial charge in [0.05, 0.1) is 18.9 Å². The van der Waals surface area contributed by atoms with E-state index in [-0.39, 0.29) is 5.91 Å². The standard InChI is InChI=1S/C14H12BrN3O2/c1-20-13-4-2-10(3-5-13)7-17-18-14(19)11-6-12(15)9-16-8-11/h2-9H,1H3,(H,18,19)/b17-7-. The summed E-state index contributed by atoms with van der Waals surface area (Å²) >= 11 is 3.26. The number of pyridine rings is 1. The van der Waals surface area contributed by atoms with E-state index in [1.165, 1.54) is 6.20 Å². The summed E-state index contributed by atoms with van der Waals surface area (Å²) in [6.07, 6.45) is 4.64. The lowest BCUT2D eigenvalue weighted by molar-refractivity contribution is 0.0954. The Morgan fingerprint density at radius 3 is 2.75 bits per heavy atom. The Bertz CT molecular complexity index is 627. The number of carbonyl (C=O) groups is 1. The monoisotopic (exact) mass is 333 g/mol. The molecular weight excluding hydrogens is 322 g/mol. The topological polar surface area (TPSA) is 63.6 Å². The van der Waals surface area contributed by atoms with Crippen LogP contribution in [-0.2, 0) is 0 Å². The molecule has 1 aromatic carbocycles. The number of benzene rings is 1. The van der Waals surface area contributed by atoms with Crippen molar-refractivity contribution in [3.63, 3.8) is 0 Å². The first kappa shape index (κ1) is 14.2. The van der Waals surface area contributed by atoms with E-state index in [1.54, 1.807) is 25.6 Å². The maximum atomic E-state index is 11.8. The second-order valence-corrected chi connectivity index (χ2v) is 4.78. The molecule has 2 aromatic rings. The first-order chi connectivity index (χ1) is 9.69. The molecule has 0 saturated carbocycles. The summed E-state index contributed by atoms with van der Waals surface area (Å²) in [4.78, 5) is 15.7. The van der Waals surface area contributed by atoms with E-state index in [0.29, 0.717) is 5.56 Å². The number of ether oxygens (including phenoxy) is 1. The van der Waals surface area contributed by atoms with Crippen molar-refractivity contribution in [2.45, 2.75) is 0 Å². The van der Waals surface area contributed by atoms with E-state index in [9.17, 15) is 4.79 Å². The number of nitrogens with zero attached hydrogens (tertiary/aromatic N) is 2. The van der Waals surface area contributed by atoms with Gasteiger partial charge in [-0.15, -0.1) is 0 Å². The van der Waals surface area contributed by atoms with Gasteiger partial charge in [0, 0.05) is 16.9 Å². The van der Waals surface area contributed by atoms with Crippen LogP contribution in [0.1, 0.15) is 15.9 Å². The number of hydrogen-bond donors (Lipinski definition) is 1. The Morgan fingerprint density at radius 1 is 1.35 bits per heavy atom. The lowest BCUT2D eigenvalue weighted by Gasteiger charge is -2.00. The highest BCUT2D eigenvalue weighted by Gasteiger charge is 2.04. The Kier molecular flexibility index (Phi) is 4.84. The molecule has 1 N–H and O–H groups in total. The third-order valence-electron chi connectivity index (χ3n) is 2.46. The van der Waals surface area contributed by atoms with Crippen LogP contribution in [0.4, 0.5) is 0 Å². The quantitative estimate of drug-likeness (QED) is 0.691. The van der Waals surface area contributed by atoms with Crippen LogP contribution in [-0.4, -0.2) is 24.2 Å². The summed E-state index contributed by atoms with van der Waals surface area (Å²) in [5, 5.41) is 3.89. The largest absolute Gasteiger partial charge is 0.497 e. The molecule has 0 aliphatic rings. The minimum Gasteiger partial charge on any atom is -0.497 e. The molecule has 0 aliphatic carbocycles. The second kappa shape index (κ2) is 6.81. The average Bonchev–Trinajstić information content (AvgIpc) is 2.48. The maximum Gasteiger partial charge on any atom is 0.272 e. The van der Waals surface area contributed by atoms with Crippen molar-refractivity contribution in [1.29, 1.82) is 0 Å². The van der Waals surface area contributed by atoms with Crippen LogP contribution < -0.4 is 10.2 Å². The average molecular weight is 334 g/mol. The van der Waals surface area contributed by atoms with Crippen molar-refractivity contribution in [2.75, 3.05) is 7.11 Å². The highest BCUT2D eigenvalue weighted by Crippen LogP contribution is 2.10. The van der Waals surface area contributed by atoms with Gasteiger partial charge in [0.15, 0.2) is 0 Å². The highest BCUT2D eigenvalue weighted by atomic mass is 79.9. The Morgan fingerprint density at radius 2 is 2.10 bits per heavy atom. The molecule has 5 nitrogen and oxygen atoms in total. The van der Waals surface area contributed by atoms with Crippen molar-refractivity contribution in [3.8, 4) is 5.75 Å². The number of rotatable bonds is 4. The minimum absolute atomic E-state index is 0.316. The van der Waals surface area contributed by atoms with Crippen molar-refractivity contribution in [1.82, 2.24) is 10.4 Å². The summed E-state index contributed by atoms with van der Waals surface area (Å²) in [5.74, 6) is 0.454. The first-order valence-corrected chi connectivity index (χ1v) is 6.56. The van der Waals surface area contributed by atoms with E-state index in [4.69, 9.17) is 4.74 Å². The summed E-state index contributed by atoms with van der Waals surface area (Å²) < 4.78 is 5.80. The smallest absolute Gasteiger partial charge is 0.272 e. The normalized spacial score (nSPS) is 10.5. The molecular formula is C14H12BrN3O2. The van der Waals surface area contributed by atoms with E-state index in [0.717, 1.165) is 15.8 Å². The van der Waals surface area contributed by atoms with Gasteiger partial charge in [-0.3, -0.25) is 9.78 Å². The van der Waals surface area contributed by atoms with Gasteiger partial charge >= 0.3 is 0 Å². The number of amides is 1. The van der Waals surface area contributed by atoms with E-state index >= 15 is 0 Å². The second-order valence-electron chi connectivity index (χ2n) is 3.86. The Labute approximate surface area is 124 Å². The number of halogens is 1. The van der Waals surface area contributed by atoms with Gasteiger partial charge in [0.25, 0.3) is 5.91 Å². The number of methoxy groups -OCH3 is 1. The molecule has 20 heavy (non-hydrogen) atoms. The van der Waals surface area contributed by atoms with Crippen LogP contribution in [0.2, 0.25) is 0 Å². The number of hydrogen-bond acceptors (Lipinski definition) is 4. The number of carbonyl (C=O) groups excluding carboxylic acids is 1. The number of hydrazone groups is 1. The third-order valence-corrected chi connectivity index (χ3v) is 2.90. The van der Waals surface area contributed by atoms with E-state index < -0.39 is 0 Å². The predicted octanol–water partition coefficient (Wildman–Crippen LogP) is 2.62. The van der Waals surface area contributed by atoms with Gasteiger partial charge in [0.1, 0.15) is 5.75 Å². The Balaban J connectivity index is 1.97. The van der Waals surface area contributed by atoms with Gasteiger partial charge < -0.3 is 4.74 Å². The molecule has 0 atom stereocenters. The van der Waals surface area contributed by atoms with Crippen LogP contribution >= 0.6 is 15.9 Å². The lowest BCUT2D eigenvalue weighted by Crippen LogP contribution is -2.17. The Hall–Kier alpha value is -2.21. The molecule has 1 heterocycles. The summed E-state index contributed by atoms with van der Waals surface area (Å²) in [7, 11) is 1.61. The molecule has 0 unspecified atom stereocenters. The minimum atomic E-state index is -0.316. The van der Waals surface area contributed by atoms with E-state index in [1.807, 2.05) is 24.3 Å². The molecule has 0 aliphatic heterocycles. The van der Waals surface area contributed by atoms with Crippen LogP contribution in [0.3, 0.4) is 0 Å². The lowest BCUT2D eigenvalue weighted by atomic mass is 10.2. The van der Waals surface area contributed by atoms with Crippen molar-refractivity contribution in [2.24, 2.45) is 5.10 Å². The zero-order valence-electron chi connectivity index (χ0n) is 10.7. The third kappa shape index (κ3) is 3.89. The molecule has 0 fully saturated rings. The van der Waals surface area contributed by atoms with Gasteiger partial charge in [-0.1, -0.05) is 0 Å². The van der Waals surface area contributed by atoms with Gasteiger partial charge in [-0.25, -0.2) is 5.43 Å². The fraction of sp³-hybridized carbons (Fsp3) is 0.0714. The zero-order chi connectivity index (χ0) is 14.4. The van der Waals surface area contributed by atoms with Crippen LogP contribution in [0.5, 0.6) is 5.75 Å². The summed E-state index contributed by atoms with van der Waals surface area (Å²) in [6, 6.07) is 9.00. The molecule has 0 spiro atoms. The number of aromatic nitrogens is 1. The maximum absolute atomic E-state index is 11.8. The van der Waals surface area contributed by atoms with Gasteiger partial charge in [-0.2, -0.15) is 5.10 Å². The fourth-order valence-electron chi connectivity index (χ4n) is 1.46. The van der Waals surface area contributed by atoms with Crippen molar-refractivity contribution < 1.29 is 9.53 Å². The molecule has 0 saturated heterocycles. The van der Waals surface area contributed by atoms with Crippen LogP contribution in [0.15, 0.2) is 52.3 Å². The molecule has 0 bridgehead atoms. The van der Waals surface area contributed by atoms with Crippen LogP contribution in [0, 0.1) is 0 Å². The van der Waals surface area contributed by atoms with Gasteiger partial charge in [0.2, 0.25) is 0 Å². The van der Waals surface area contributed by atoms with Crippen molar-refractivity contribution >= 4 is 28.1 Å². The summed E-state index contributed by atoms with van der Waals surface area (Å²) in [6.45, 7) is 0. The zero-order valence-corrected chi connectivity index (χ0v) is 12.3. The molecule has 1 aromatic heterocycles. The number of nitrogens with one attached hydrogen (secondary N) is 1. The predicted molar refractivity (Wildman–Crippen MR) is 80.0 cm³/mol. The first-order valence-electron chi connectivity index (χ1n) is 5.77. The van der Waals surface area contributed by atoms with E-state index in [2.05, 4.69) is 31.4 Å². The SMILES string of the molecule is COc1ccc(/C=N\NC(=O)c2cncc(Br)c2)cc1. The molecule has 1 amide bonds. The van der Waals surface area contributed by atoms with Gasteiger partial charge in [-0.05, 0) is 51.8 Å².